The average Bonchev–Trinajstić information content (AvgIpc) is 2.30. The molecule has 1 saturated heterocycles. The Bertz CT molecular complexity index is 414. The maximum Gasteiger partial charge on any atom is 0.140 e. The van der Waals surface area contributed by atoms with Gasteiger partial charge in [0.05, 0.1) is 5.56 Å². The van der Waals surface area contributed by atoms with E-state index in [1.807, 2.05) is 6.07 Å². The van der Waals surface area contributed by atoms with Gasteiger partial charge in [-0.3, -0.25) is 0 Å². The van der Waals surface area contributed by atoms with Crippen LogP contribution in [0.25, 0.3) is 0 Å². The Balaban J connectivity index is 2.16. The van der Waals surface area contributed by atoms with E-state index in [0.717, 1.165) is 31.9 Å². The molecule has 0 N–H and O–H groups in total. The zero-order chi connectivity index (χ0) is 11.5. The zero-order valence-corrected chi connectivity index (χ0v) is 9.41. The third kappa shape index (κ3) is 2.17. The highest BCUT2D eigenvalue weighted by molar-refractivity contribution is 5.51. The Hall–Kier alpha value is -1.53. The normalized spacial score (nSPS) is 17.2. The van der Waals surface area contributed by atoms with Gasteiger partial charge in [0.2, 0.25) is 0 Å². The number of piperazine rings is 1. The van der Waals surface area contributed by atoms with Crippen LogP contribution in [0.3, 0.4) is 0 Å². The first-order valence-electron chi connectivity index (χ1n) is 5.40. The van der Waals surface area contributed by atoms with E-state index in [1.165, 1.54) is 6.07 Å². The number of terminal acetylenes is 1. The first-order valence-corrected chi connectivity index (χ1v) is 5.40. The van der Waals surface area contributed by atoms with Crippen LogP contribution in [0.15, 0.2) is 18.2 Å². The molecule has 0 amide bonds. The van der Waals surface area contributed by atoms with E-state index in [4.69, 9.17) is 6.42 Å². The Morgan fingerprint density at radius 1 is 1.25 bits per heavy atom. The van der Waals surface area contributed by atoms with Gasteiger partial charge in [0.25, 0.3) is 0 Å². The quantitative estimate of drug-likeness (QED) is 0.660. The third-order valence-electron chi connectivity index (χ3n) is 2.98. The summed E-state index contributed by atoms with van der Waals surface area (Å²) in [5.74, 6) is 2.02. The van der Waals surface area contributed by atoms with Crippen LogP contribution in [0.4, 0.5) is 10.1 Å². The number of halogens is 1. The van der Waals surface area contributed by atoms with Crippen LogP contribution >= 0.6 is 0 Å². The smallest absolute Gasteiger partial charge is 0.140 e. The van der Waals surface area contributed by atoms with Crippen molar-refractivity contribution >= 4 is 5.69 Å². The predicted molar refractivity (Wildman–Crippen MR) is 64.0 cm³/mol. The molecule has 84 valence electrons. The molecular weight excluding hydrogens is 203 g/mol. The van der Waals surface area contributed by atoms with Crippen LogP contribution in [0.2, 0.25) is 0 Å². The van der Waals surface area contributed by atoms with Gasteiger partial charge in [-0.1, -0.05) is 5.92 Å². The summed E-state index contributed by atoms with van der Waals surface area (Å²) in [6, 6.07) is 5.09. The molecule has 1 aliphatic heterocycles. The van der Waals surface area contributed by atoms with E-state index in [1.54, 1.807) is 6.07 Å². The molecule has 0 unspecified atom stereocenters. The Morgan fingerprint density at radius 2 is 1.94 bits per heavy atom. The molecule has 0 aliphatic carbocycles. The molecular formula is C13H15FN2. The van der Waals surface area contributed by atoms with Crippen molar-refractivity contribution < 1.29 is 4.39 Å². The monoisotopic (exact) mass is 218 g/mol. The summed E-state index contributed by atoms with van der Waals surface area (Å²) in [5.41, 5.74) is 1.25. The highest BCUT2D eigenvalue weighted by Crippen LogP contribution is 2.19. The van der Waals surface area contributed by atoms with E-state index in [9.17, 15) is 4.39 Å². The largest absolute Gasteiger partial charge is 0.369 e. The number of anilines is 1. The lowest BCUT2D eigenvalue weighted by Crippen LogP contribution is -2.44. The van der Waals surface area contributed by atoms with Crippen molar-refractivity contribution in [3.05, 3.63) is 29.6 Å². The molecule has 0 spiro atoms. The second-order valence-corrected chi connectivity index (χ2v) is 4.10. The summed E-state index contributed by atoms with van der Waals surface area (Å²) in [6.07, 6.45) is 5.19. The van der Waals surface area contributed by atoms with Crippen LogP contribution in [0.1, 0.15) is 5.56 Å². The summed E-state index contributed by atoms with van der Waals surface area (Å²) < 4.78 is 13.5. The van der Waals surface area contributed by atoms with Crippen LogP contribution in [-0.4, -0.2) is 38.1 Å². The molecule has 0 aromatic heterocycles. The van der Waals surface area contributed by atoms with Crippen LogP contribution in [0, 0.1) is 18.2 Å². The Labute approximate surface area is 95.7 Å². The minimum atomic E-state index is -0.307. The van der Waals surface area contributed by atoms with E-state index in [2.05, 4.69) is 22.8 Å². The highest BCUT2D eigenvalue weighted by Gasteiger charge is 2.15. The SMILES string of the molecule is C#Cc1ccc(N2CCN(C)CC2)cc1F. The second-order valence-electron chi connectivity index (χ2n) is 4.10. The summed E-state index contributed by atoms with van der Waals surface area (Å²) in [5, 5.41) is 0. The minimum Gasteiger partial charge on any atom is -0.369 e. The minimum absolute atomic E-state index is 0.307. The van der Waals surface area contributed by atoms with E-state index in [-0.39, 0.29) is 5.82 Å². The number of benzene rings is 1. The molecule has 0 bridgehead atoms. The molecule has 1 fully saturated rings. The fourth-order valence-corrected chi connectivity index (χ4v) is 1.88. The lowest BCUT2D eigenvalue weighted by Gasteiger charge is -2.34. The standard InChI is InChI=1S/C13H15FN2/c1-3-11-4-5-12(10-13(11)14)16-8-6-15(2)7-9-16/h1,4-5,10H,6-9H2,2H3. The van der Waals surface area contributed by atoms with Crippen LogP contribution < -0.4 is 4.90 Å². The summed E-state index contributed by atoms with van der Waals surface area (Å²) in [7, 11) is 2.10. The molecule has 2 nitrogen and oxygen atoms in total. The number of hydrogen-bond donors (Lipinski definition) is 0. The first-order chi connectivity index (χ1) is 7.70. The van der Waals surface area contributed by atoms with Crippen molar-refractivity contribution in [1.29, 1.82) is 0 Å². The van der Waals surface area contributed by atoms with Crippen molar-refractivity contribution in [2.24, 2.45) is 0 Å². The van der Waals surface area contributed by atoms with Gasteiger partial charge in [0.15, 0.2) is 0 Å². The highest BCUT2D eigenvalue weighted by atomic mass is 19.1. The zero-order valence-electron chi connectivity index (χ0n) is 9.41. The lowest BCUT2D eigenvalue weighted by molar-refractivity contribution is 0.313. The summed E-state index contributed by atoms with van der Waals surface area (Å²) in [4.78, 5) is 4.45. The van der Waals surface area contributed by atoms with Gasteiger partial charge in [-0.2, -0.15) is 0 Å². The molecule has 0 radical (unpaired) electrons. The molecule has 1 aromatic carbocycles. The Kier molecular flexibility index (Phi) is 3.12. The van der Waals surface area contributed by atoms with Gasteiger partial charge >= 0.3 is 0 Å². The number of likely N-dealkylation sites (N-methyl/N-ethyl adjacent to an activating group) is 1. The van der Waals surface area contributed by atoms with E-state index < -0.39 is 0 Å². The van der Waals surface area contributed by atoms with Gasteiger partial charge < -0.3 is 9.80 Å². The molecule has 0 saturated carbocycles. The molecule has 2 rings (SSSR count). The van der Waals surface area contributed by atoms with Crippen molar-refractivity contribution in [2.75, 3.05) is 38.1 Å². The van der Waals surface area contributed by atoms with E-state index in [0.29, 0.717) is 5.56 Å². The Morgan fingerprint density at radius 3 is 2.50 bits per heavy atom. The molecule has 1 heterocycles. The van der Waals surface area contributed by atoms with Crippen molar-refractivity contribution in [3.63, 3.8) is 0 Å². The fraction of sp³-hybridized carbons (Fsp3) is 0.385. The molecule has 3 heteroatoms. The molecule has 16 heavy (non-hydrogen) atoms. The van der Waals surface area contributed by atoms with Gasteiger partial charge in [-0.15, -0.1) is 6.42 Å². The van der Waals surface area contributed by atoms with Gasteiger partial charge in [-0.25, -0.2) is 4.39 Å². The first kappa shape index (κ1) is 11.0. The van der Waals surface area contributed by atoms with Crippen LogP contribution in [-0.2, 0) is 0 Å². The predicted octanol–water partition coefficient (Wildman–Crippen LogP) is 1.56. The van der Waals surface area contributed by atoms with E-state index >= 15 is 0 Å². The molecule has 1 aromatic rings. The van der Waals surface area contributed by atoms with Gasteiger partial charge in [0.1, 0.15) is 5.82 Å². The number of hydrogen-bond acceptors (Lipinski definition) is 2. The number of rotatable bonds is 1. The maximum absolute atomic E-state index is 13.5. The lowest BCUT2D eigenvalue weighted by atomic mass is 10.1. The average molecular weight is 218 g/mol. The summed E-state index contributed by atoms with van der Waals surface area (Å²) in [6.45, 7) is 3.90. The van der Waals surface area contributed by atoms with Crippen LogP contribution in [0.5, 0.6) is 0 Å². The second kappa shape index (κ2) is 4.54. The van der Waals surface area contributed by atoms with Crippen molar-refractivity contribution in [1.82, 2.24) is 4.90 Å². The topological polar surface area (TPSA) is 6.48 Å². The van der Waals surface area contributed by atoms with Gasteiger partial charge in [-0.05, 0) is 25.2 Å². The van der Waals surface area contributed by atoms with Crippen molar-refractivity contribution in [3.8, 4) is 12.3 Å². The van der Waals surface area contributed by atoms with Crippen molar-refractivity contribution in [2.45, 2.75) is 0 Å². The fourth-order valence-electron chi connectivity index (χ4n) is 1.88. The maximum atomic E-state index is 13.5. The molecule has 1 aliphatic rings. The number of nitrogens with zero attached hydrogens (tertiary/aromatic N) is 2. The molecule has 0 atom stereocenters. The summed E-state index contributed by atoms with van der Waals surface area (Å²) >= 11 is 0. The van der Waals surface area contributed by atoms with Gasteiger partial charge in [0, 0.05) is 31.9 Å². The third-order valence-corrected chi connectivity index (χ3v) is 2.98.